The first-order valence-corrected chi connectivity index (χ1v) is 11.9. The number of aliphatic hydroxyl groups is 1. The summed E-state index contributed by atoms with van der Waals surface area (Å²) in [5, 5.41) is 14.2. The van der Waals surface area contributed by atoms with Gasteiger partial charge in [0.1, 0.15) is 0 Å². The van der Waals surface area contributed by atoms with Gasteiger partial charge in [0.25, 0.3) is 5.91 Å². The molecule has 3 aliphatic rings. The average molecular weight is 435 g/mol. The molecule has 0 aliphatic carbocycles. The van der Waals surface area contributed by atoms with E-state index in [0.29, 0.717) is 25.6 Å². The molecular formula is C26H34N4O2. The zero-order valence-electron chi connectivity index (χ0n) is 19.0. The highest BCUT2D eigenvalue weighted by atomic mass is 16.3. The van der Waals surface area contributed by atoms with Crippen LogP contribution in [0.4, 0.5) is 5.69 Å². The van der Waals surface area contributed by atoms with Gasteiger partial charge in [-0.3, -0.25) is 9.69 Å². The second kappa shape index (κ2) is 9.22. The van der Waals surface area contributed by atoms with Crippen LogP contribution in [-0.4, -0.2) is 84.2 Å². The number of benzene rings is 2. The Balaban J connectivity index is 1.13. The van der Waals surface area contributed by atoms with Gasteiger partial charge >= 0.3 is 0 Å². The van der Waals surface area contributed by atoms with Gasteiger partial charge < -0.3 is 20.2 Å². The SMILES string of the molecule is CN1CC(Nc2ccc3c(c2)C(=O)N(CC[C@@H](O)CN2CCc4ccccc4C2)CC3)C1. The highest BCUT2D eigenvalue weighted by molar-refractivity contribution is 5.97. The minimum atomic E-state index is -0.418. The lowest BCUT2D eigenvalue weighted by Crippen LogP contribution is -2.52. The van der Waals surface area contributed by atoms with Crippen molar-refractivity contribution >= 4 is 11.6 Å². The zero-order chi connectivity index (χ0) is 22.1. The molecule has 3 aliphatic heterocycles. The molecule has 1 saturated heterocycles. The van der Waals surface area contributed by atoms with Gasteiger partial charge in [0.15, 0.2) is 0 Å². The third-order valence-corrected chi connectivity index (χ3v) is 7.12. The van der Waals surface area contributed by atoms with Crippen LogP contribution < -0.4 is 5.32 Å². The summed E-state index contributed by atoms with van der Waals surface area (Å²) in [5.41, 5.74) is 5.77. The first-order valence-electron chi connectivity index (χ1n) is 11.9. The van der Waals surface area contributed by atoms with Gasteiger partial charge in [-0.2, -0.15) is 0 Å². The van der Waals surface area contributed by atoms with Gasteiger partial charge in [0, 0.05) is 57.1 Å². The number of hydrogen-bond donors (Lipinski definition) is 2. The summed E-state index contributed by atoms with van der Waals surface area (Å²) >= 11 is 0. The Morgan fingerprint density at radius 1 is 1.06 bits per heavy atom. The van der Waals surface area contributed by atoms with E-state index in [1.165, 1.54) is 11.1 Å². The smallest absolute Gasteiger partial charge is 0.254 e. The number of anilines is 1. The van der Waals surface area contributed by atoms with Crippen molar-refractivity contribution in [3.05, 3.63) is 64.7 Å². The van der Waals surface area contributed by atoms with Crippen molar-refractivity contribution in [2.45, 2.75) is 38.0 Å². The number of likely N-dealkylation sites (tertiary alicyclic amines) is 1. The molecule has 6 nitrogen and oxygen atoms in total. The van der Waals surface area contributed by atoms with Gasteiger partial charge in [0.05, 0.1) is 12.1 Å². The molecule has 1 amide bonds. The van der Waals surface area contributed by atoms with E-state index < -0.39 is 6.10 Å². The summed E-state index contributed by atoms with van der Waals surface area (Å²) in [6.07, 6.45) is 2.12. The van der Waals surface area contributed by atoms with Crippen molar-refractivity contribution in [2.75, 3.05) is 51.6 Å². The molecule has 170 valence electrons. The minimum absolute atomic E-state index is 0.0970. The van der Waals surface area contributed by atoms with Crippen LogP contribution in [0.3, 0.4) is 0 Å². The Morgan fingerprint density at radius 2 is 1.84 bits per heavy atom. The normalized spacial score (nSPS) is 20.4. The highest BCUT2D eigenvalue weighted by Crippen LogP contribution is 2.25. The van der Waals surface area contributed by atoms with Crippen LogP contribution >= 0.6 is 0 Å². The fraction of sp³-hybridized carbons (Fsp3) is 0.500. The first kappa shape index (κ1) is 21.4. The number of carbonyl (C=O) groups is 1. The molecule has 1 fully saturated rings. The average Bonchev–Trinajstić information content (AvgIpc) is 2.78. The summed E-state index contributed by atoms with van der Waals surface area (Å²) in [6.45, 7) is 5.96. The molecule has 0 bridgehead atoms. The lowest BCUT2D eigenvalue weighted by atomic mass is 9.97. The summed E-state index contributed by atoms with van der Waals surface area (Å²) < 4.78 is 0. The van der Waals surface area contributed by atoms with Crippen LogP contribution in [0, 0.1) is 0 Å². The van der Waals surface area contributed by atoms with Crippen LogP contribution in [0.1, 0.15) is 33.5 Å². The molecule has 0 unspecified atom stereocenters. The number of β-amino-alcohol motifs (C(OH)–C–C–N with tert-alkyl or cyclic N) is 1. The van der Waals surface area contributed by atoms with Gasteiger partial charge in [-0.1, -0.05) is 30.3 Å². The molecule has 5 rings (SSSR count). The molecule has 2 aromatic carbocycles. The number of likely N-dealkylation sites (N-methyl/N-ethyl adjacent to an activating group) is 1. The van der Waals surface area contributed by atoms with Crippen molar-refractivity contribution in [2.24, 2.45) is 0 Å². The summed E-state index contributed by atoms with van der Waals surface area (Å²) in [4.78, 5) is 19.6. The number of hydrogen-bond acceptors (Lipinski definition) is 5. The number of nitrogens with zero attached hydrogens (tertiary/aromatic N) is 3. The van der Waals surface area contributed by atoms with Crippen molar-refractivity contribution in [3.63, 3.8) is 0 Å². The quantitative estimate of drug-likeness (QED) is 0.700. The van der Waals surface area contributed by atoms with E-state index in [2.05, 4.69) is 58.6 Å². The van der Waals surface area contributed by atoms with Gasteiger partial charge in [-0.25, -0.2) is 0 Å². The van der Waals surface area contributed by atoms with E-state index in [-0.39, 0.29) is 5.91 Å². The molecule has 2 N–H and O–H groups in total. The molecule has 0 spiro atoms. The Morgan fingerprint density at radius 3 is 2.66 bits per heavy atom. The standard InChI is InChI=1S/C26H34N4O2/c1-28-16-23(17-28)27-22-7-6-20-9-12-30(26(32)25(20)14-22)13-10-24(31)18-29-11-8-19-4-2-3-5-21(19)15-29/h2-7,14,23-24,27,31H,8-13,15-18H2,1H3/t24-/m1/s1. The summed E-state index contributed by atoms with van der Waals surface area (Å²) in [7, 11) is 2.12. The molecule has 0 aromatic heterocycles. The molecular weight excluding hydrogens is 400 g/mol. The number of aliphatic hydroxyl groups excluding tert-OH is 1. The molecule has 2 aromatic rings. The fourth-order valence-electron chi connectivity index (χ4n) is 5.25. The number of nitrogens with one attached hydrogen (secondary N) is 1. The Hall–Kier alpha value is -2.41. The van der Waals surface area contributed by atoms with E-state index >= 15 is 0 Å². The Labute approximate surface area is 190 Å². The van der Waals surface area contributed by atoms with E-state index in [9.17, 15) is 9.90 Å². The molecule has 0 saturated carbocycles. The van der Waals surface area contributed by atoms with Crippen LogP contribution in [-0.2, 0) is 19.4 Å². The second-order valence-electron chi connectivity index (χ2n) is 9.67. The molecule has 1 atom stereocenters. The Bertz CT molecular complexity index is 972. The fourth-order valence-corrected chi connectivity index (χ4v) is 5.25. The number of fused-ring (bicyclic) bond motifs is 2. The van der Waals surface area contributed by atoms with E-state index in [1.807, 2.05) is 11.0 Å². The highest BCUT2D eigenvalue weighted by Gasteiger charge is 2.27. The predicted molar refractivity (Wildman–Crippen MR) is 127 cm³/mol. The second-order valence-corrected chi connectivity index (χ2v) is 9.67. The van der Waals surface area contributed by atoms with Gasteiger partial charge in [-0.15, -0.1) is 0 Å². The van der Waals surface area contributed by atoms with Crippen molar-refractivity contribution in [3.8, 4) is 0 Å². The van der Waals surface area contributed by atoms with Crippen LogP contribution in [0.25, 0.3) is 0 Å². The molecule has 32 heavy (non-hydrogen) atoms. The van der Waals surface area contributed by atoms with Crippen molar-refractivity contribution < 1.29 is 9.90 Å². The maximum Gasteiger partial charge on any atom is 0.254 e. The van der Waals surface area contributed by atoms with Crippen molar-refractivity contribution in [1.29, 1.82) is 0 Å². The maximum atomic E-state index is 13.1. The van der Waals surface area contributed by atoms with E-state index in [0.717, 1.165) is 62.4 Å². The third kappa shape index (κ3) is 4.68. The third-order valence-electron chi connectivity index (χ3n) is 7.12. The summed E-state index contributed by atoms with van der Waals surface area (Å²) in [5.74, 6) is 0.0970. The van der Waals surface area contributed by atoms with Gasteiger partial charge in [-0.05, 0) is 55.1 Å². The van der Waals surface area contributed by atoms with E-state index in [4.69, 9.17) is 0 Å². The molecule has 3 heterocycles. The van der Waals surface area contributed by atoms with Crippen LogP contribution in [0.2, 0.25) is 0 Å². The number of rotatable bonds is 7. The number of amides is 1. The van der Waals surface area contributed by atoms with E-state index in [1.54, 1.807) is 0 Å². The zero-order valence-corrected chi connectivity index (χ0v) is 19.0. The maximum absolute atomic E-state index is 13.1. The lowest BCUT2D eigenvalue weighted by Gasteiger charge is -2.37. The minimum Gasteiger partial charge on any atom is -0.392 e. The van der Waals surface area contributed by atoms with Crippen LogP contribution in [0.5, 0.6) is 0 Å². The lowest BCUT2D eigenvalue weighted by molar-refractivity contribution is 0.0644. The summed E-state index contributed by atoms with van der Waals surface area (Å²) in [6, 6.07) is 15.2. The van der Waals surface area contributed by atoms with Gasteiger partial charge in [0.2, 0.25) is 0 Å². The predicted octanol–water partition coefficient (Wildman–Crippen LogP) is 2.22. The largest absolute Gasteiger partial charge is 0.392 e. The monoisotopic (exact) mass is 434 g/mol. The first-order chi connectivity index (χ1) is 15.5. The number of carbonyl (C=O) groups excluding carboxylic acids is 1. The molecule has 0 radical (unpaired) electrons. The van der Waals surface area contributed by atoms with Crippen molar-refractivity contribution in [1.82, 2.24) is 14.7 Å². The van der Waals surface area contributed by atoms with Crippen LogP contribution in [0.15, 0.2) is 42.5 Å². The molecule has 6 heteroatoms. The topological polar surface area (TPSA) is 59.1 Å². The Kier molecular flexibility index (Phi) is 6.17.